The molecular formula is C6H11NO. The molecule has 2 N–H and O–H groups in total. The van der Waals surface area contributed by atoms with E-state index in [-0.39, 0.29) is 0 Å². The maximum atomic E-state index is 5.74. The molecule has 0 radical (unpaired) electrons. The Hall–Kier alpha value is -0.0800. The lowest BCUT2D eigenvalue weighted by atomic mass is 10.1. The molecule has 2 bridgehead atoms. The van der Waals surface area contributed by atoms with Crippen LogP contribution >= 0.6 is 0 Å². The topological polar surface area (TPSA) is 35.2 Å². The first kappa shape index (κ1) is 4.77. The van der Waals surface area contributed by atoms with E-state index in [1.165, 1.54) is 6.42 Å². The molecule has 2 rings (SSSR count). The average molecular weight is 113 g/mol. The molecule has 46 valence electrons. The molecule has 3 atom stereocenters. The third-order valence-corrected chi connectivity index (χ3v) is 2.25. The molecule has 0 amide bonds. The van der Waals surface area contributed by atoms with Crippen LogP contribution in [0.3, 0.4) is 0 Å². The van der Waals surface area contributed by atoms with Crippen LogP contribution in [0.5, 0.6) is 0 Å². The summed E-state index contributed by atoms with van der Waals surface area (Å²) < 4.78 is 5.34. The molecule has 1 heterocycles. The lowest BCUT2D eigenvalue weighted by Crippen LogP contribution is -2.30. The molecule has 1 saturated heterocycles. The zero-order valence-corrected chi connectivity index (χ0v) is 4.84. The fraction of sp³-hybridized carbons (Fsp3) is 1.00. The van der Waals surface area contributed by atoms with E-state index in [2.05, 4.69) is 0 Å². The Morgan fingerprint density at radius 1 is 1.38 bits per heavy atom. The normalized spacial score (nSPS) is 52.9. The molecule has 2 fully saturated rings. The van der Waals surface area contributed by atoms with Crippen molar-refractivity contribution in [2.45, 2.75) is 25.0 Å². The largest absolute Gasteiger partial charge is 0.378 e. The van der Waals surface area contributed by atoms with Gasteiger partial charge in [0, 0.05) is 6.04 Å². The predicted molar refractivity (Wildman–Crippen MR) is 30.4 cm³/mol. The minimum atomic E-state index is 0.453. The third-order valence-electron chi connectivity index (χ3n) is 2.25. The Morgan fingerprint density at radius 3 is 2.50 bits per heavy atom. The SMILES string of the molecule is N[C@H]1C[C@H]2C[C@@H]1CO2. The lowest BCUT2D eigenvalue weighted by molar-refractivity contribution is 0.0694. The van der Waals surface area contributed by atoms with Gasteiger partial charge in [-0.05, 0) is 18.8 Å². The monoisotopic (exact) mass is 113 g/mol. The summed E-state index contributed by atoms with van der Waals surface area (Å²) in [6.45, 7) is 0.922. The minimum Gasteiger partial charge on any atom is -0.378 e. The second-order valence-electron chi connectivity index (χ2n) is 2.85. The van der Waals surface area contributed by atoms with Gasteiger partial charge in [0.05, 0.1) is 12.7 Å². The molecule has 0 aromatic heterocycles. The molecule has 1 aliphatic heterocycles. The van der Waals surface area contributed by atoms with Crippen molar-refractivity contribution in [1.29, 1.82) is 0 Å². The number of fused-ring (bicyclic) bond motifs is 2. The van der Waals surface area contributed by atoms with Gasteiger partial charge in [-0.25, -0.2) is 0 Å². The zero-order chi connectivity index (χ0) is 5.56. The van der Waals surface area contributed by atoms with Crippen molar-refractivity contribution in [3.63, 3.8) is 0 Å². The summed E-state index contributed by atoms with van der Waals surface area (Å²) in [6.07, 6.45) is 2.85. The Labute approximate surface area is 49.0 Å². The molecule has 0 unspecified atom stereocenters. The lowest BCUT2D eigenvalue weighted by Gasteiger charge is -2.16. The van der Waals surface area contributed by atoms with Crippen LogP contribution < -0.4 is 5.73 Å². The first-order chi connectivity index (χ1) is 3.86. The van der Waals surface area contributed by atoms with Crippen molar-refractivity contribution in [1.82, 2.24) is 0 Å². The molecule has 1 saturated carbocycles. The summed E-state index contributed by atoms with van der Waals surface area (Å²) in [5, 5.41) is 0. The quantitative estimate of drug-likeness (QED) is 0.484. The molecule has 0 aromatic rings. The van der Waals surface area contributed by atoms with Gasteiger partial charge in [-0.2, -0.15) is 0 Å². The van der Waals surface area contributed by atoms with Crippen LogP contribution in [0.4, 0.5) is 0 Å². The first-order valence-corrected chi connectivity index (χ1v) is 3.23. The average Bonchev–Trinajstić information content (AvgIpc) is 2.23. The second kappa shape index (κ2) is 1.45. The van der Waals surface area contributed by atoms with Gasteiger partial charge < -0.3 is 10.5 Å². The predicted octanol–water partition coefficient (Wildman–Crippen LogP) is 0.122. The van der Waals surface area contributed by atoms with E-state index in [1.54, 1.807) is 0 Å². The summed E-state index contributed by atoms with van der Waals surface area (Å²) in [5.41, 5.74) is 5.74. The van der Waals surface area contributed by atoms with Crippen LogP contribution in [0.15, 0.2) is 0 Å². The number of rotatable bonds is 0. The van der Waals surface area contributed by atoms with Gasteiger partial charge in [-0.1, -0.05) is 0 Å². The van der Waals surface area contributed by atoms with Crippen molar-refractivity contribution in [3.8, 4) is 0 Å². The van der Waals surface area contributed by atoms with E-state index in [4.69, 9.17) is 10.5 Å². The van der Waals surface area contributed by atoms with Crippen molar-refractivity contribution < 1.29 is 4.74 Å². The van der Waals surface area contributed by atoms with Crippen LogP contribution in [-0.4, -0.2) is 18.8 Å². The van der Waals surface area contributed by atoms with Gasteiger partial charge in [0.1, 0.15) is 0 Å². The van der Waals surface area contributed by atoms with Gasteiger partial charge in [0.25, 0.3) is 0 Å². The first-order valence-electron chi connectivity index (χ1n) is 3.23. The van der Waals surface area contributed by atoms with E-state index < -0.39 is 0 Å². The Balaban J connectivity index is 2.11. The second-order valence-corrected chi connectivity index (χ2v) is 2.85. The molecule has 2 aliphatic rings. The smallest absolute Gasteiger partial charge is 0.0594 e. The minimum absolute atomic E-state index is 0.453. The van der Waals surface area contributed by atoms with Crippen LogP contribution in [0.2, 0.25) is 0 Å². The fourth-order valence-electron chi connectivity index (χ4n) is 1.69. The highest BCUT2D eigenvalue weighted by Gasteiger charge is 2.38. The van der Waals surface area contributed by atoms with Crippen LogP contribution in [0.25, 0.3) is 0 Å². The maximum absolute atomic E-state index is 5.74. The van der Waals surface area contributed by atoms with E-state index >= 15 is 0 Å². The van der Waals surface area contributed by atoms with Crippen LogP contribution in [-0.2, 0) is 4.74 Å². The summed E-state index contributed by atoms with van der Waals surface area (Å²) in [5.74, 6) is 0.694. The summed E-state index contributed by atoms with van der Waals surface area (Å²) in [7, 11) is 0. The third kappa shape index (κ3) is 0.501. The highest BCUT2D eigenvalue weighted by atomic mass is 16.5. The molecule has 0 spiro atoms. The van der Waals surface area contributed by atoms with Gasteiger partial charge in [0.15, 0.2) is 0 Å². The molecule has 2 heteroatoms. The van der Waals surface area contributed by atoms with Gasteiger partial charge in [0.2, 0.25) is 0 Å². The fourth-order valence-corrected chi connectivity index (χ4v) is 1.69. The highest BCUT2D eigenvalue weighted by Crippen LogP contribution is 2.33. The summed E-state index contributed by atoms with van der Waals surface area (Å²) in [6, 6.07) is 0.453. The standard InChI is InChI=1S/C6H11NO/c7-6-2-5-1-4(6)3-8-5/h4-6H,1-3,7H2/t4-,5-,6+/m1/s1. The van der Waals surface area contributed by atoms with Gasteiger partial charge >= 0.3 is 0 Å². The van der Waals surface area contributed by atoms with Crippen molar-refractivity contribution in [2.75, 3.05) is 6.61 Å². The number of hydrogen-bond acceptors (Lipinski definition) is 2. The van der Waals surface area contributed by atoms with Gasteiger partial charge in [-0.15, -0.1) is 0 Å². The van der Waals surface area contributed by atoms with E-state index in [1.807, 2.05) is 0 Å². The Kier molecular flexibility index (Phi) is 0.866. The van der Waals surface area contributed by atoms with Crippen molar-refractivity contribution in [2.24, 2.45) is 11.7 Å². The van der Waals surface area contributed by atoms with Gasteiger partial charge in [-0.3, -0.25) is 0 Å². The maximum Gasteiger partial charge on any atom is 0.0594 e. The number of ether oxygens (including phenoxy) is 1. The molecular weight excluding hydrogens is 102 g/mol. The summed E-state index contributed by atoms with van der Waals surface area (Å²) in [4.78, 5) is 0. The highest BCUT2D eigenvalue weighted by molar-refractivity contribution is 4.91. The molecule has 1 aliphatic carbocycles. The molecule has 2 nitrogen and oxygen atoms in total. The van der Waals surface area contributed by atoms with E-state index in [9.17, 15) is 0 Å². The van der Waals surface area contributed by atoms with Crippen LogP contribution in [0, 0.1) is 5.92 Å². The van der Waals surface area contributed by atoms with E-state index in [0.717, 1.165) is 13.0 Å². The van der Waals surface area contributed by atoms with Crippen molar-refractivity contribution in [3.05, 3.63) is 0 Å². The number of hydrogen-bond donors (Lipinski definition) is 1. The molecule has 0 aromatic carbocycles. The summed E-state index contributed by atoms with van der Waals surface area (Å²) >= 11 is 0. The Bertz CT molecular complexity index is 103. The molecule has 8 heavy (non-hydrogen) atoms. The zero-order valence-electron chi connectivity index (χ0n) is 4.84. The van der Waals surface area contributed by atoms with Crippen LogP contribution in [0.1, 0.15) is 12.8 Å². The number of nitrogens with two attached hydrogens (primary N) is 1. The van der Waals surface area contributed by atoms with Crippen molar-refractivity contribution >= 4 is 0 Å². The van der Waals surface area contributed by atoms with E-state index in [0.29, 0.717) is 18.1 Å². The Morgan fingerprint density at radius 2 is 2.25 bits per heavy atom.